The molecule has 0 amide bonds. The quantitative estimate of drug-likeness (QED) is 0.566. The van der Waals surface area contributed by atoms with Crippen molar-refractivity contribution in [2.24, 2.45) is 0 Å². The first-order valence-corrected chi connectivity index (χ1v) is 7.60. The fourth-order valence-electron chi connectivity index (χ4n) is 2.62. The van der Waals surface area contributed by atoms with Gasteiger partial charge in [-0.1, -0.05) is 0 Å². The maximum Gasteiger partial charge on any atom is 0.327 e. The van der Waals surface area contributed by atoms with Gasteiger partial charge in [0.2, 0.25) is 0 Å². The van der Waals surface area contributed by atoms with Gasteiger partial charge in [-0.25, -0.2) is 19.6 Å². The fraction of sp³-hybridized carbons (Fsp3) is 0.188. The largest absolute Gasteiger partial charge is 0.468 e. The van der Waals surface area contributed by atoms with Crippen LogP contribution >= 0.6 is 0 Å². The first kappa shape index (κ1) is 15.1. The highest BCUT2D eigenvalue weighted by Crippen LogP contribution is 2.23. The van der Waals surface area contributed by atoms with E-state index in [2.05, 4.69) is 30.1 Å². The number of carbonyl (C=O) groups excluding carboxylic acids is 1. The number of anilines is 2. The van der Waals surface area contributed by atoms with Crippen molar-refractivity contribution < 1.29 is 9.53 Å². The Bertz CT molecular complexity index is 1080. The molecule has 4 aromatic rings. The highest BCUT2D eigenvalue weighted by Gasteiger charge is 2.13. The van der Waals surface area contributed by atoms with Crippen LogP contribution in [0.1, 0.15) is 5.69 Å². The average Bonchev–Trinajstić information content (AvgIpc) is 3.18. The summed E-state index contributed by atoms with van der Waals surface area (Å²) in [5.41, 5.74) is 3.24. The van der Waals surface area contributed by atoms with Crippen molar-refractivity contribution in [2.45, 2.75) is 13.5 Å². The van der Waals surface area contributed by atoms with E-state index in [9.17, 15) is 4.79 Å². The van der Waals surface area contributed by atoms with Crippen LogP contribution in [0.25, 0.3) is 16.7 Å². The topological polar surface area (TPSA) is 99.2 Å². The lowest BCUT2D eigenvalue weighted by Crippen LogP contribution is -2.13. The molecule has 0 fully saturated rings. The van der Waals surface area contributed by atoms with Crippen molar-refractivity contribution in [1.82, 2.24) is 29.1 Å². The lowest BCUT2D eigenvalue weighted by molar-refractivity contribution is -0.141. The summed E-state index contributed by atoms with van der Waals surface area (Å²) in [7, 11) is 1.34. The summed E-state index contributed by atoms with van der Waals surface area (Å²) in [5.74, 6) is 0.219. The molecule has 0 aromatic carbocycles. The van der Waals surface area contributed by atoms with Crippen LogP contribution in [0.15, 0.2) is 37.1 Å². The van der Waals surface area contributed by atoms with Crippen LogP contribution in [0.5, 0.6) is 0 Å². The molecule has 0 radical (unpaired) electrons. The summed E-state index contributed by atoms with van der Waals surface area (Å²) in [6, 6.07) is 3.85. The Labute approximate surface area is 142 Å². The van der Waals surface area contributed by atoms with Crippen molar-refractivity contribution in [3.05, 3.63) is 42.7 Å². The van der Waals surface area contributed by atoms with Gasteiger partial charge in [-0.2, -0.15) is 5.10 Å². The smallest absolute Gasteiger partial charge is 0.327 e. The van der Waals surface area contributed by atoms with Gasteiger partial charge in [0.15, 0.2) is 5.65 Å². The number of hydrogen-bond acceptors (Lipinski definition) is 7. The second kappa shape index (κ2) is 5.86. The van der Waals surface area contributed by atoms with Crippen molar-refractivity contribution in [3.8, 4) is 0 Å². The molecule has 0 atom stereocenters. The van der Waals surface area contributed by atoms with Gasteiger partial charge < -0.3 is 14.5 Å². The number of hydrogen-bond donors (Lipinski definition) is 1. The number of ether oxygens (including phenoxy) is 1. The van der Waals surface area contributed by atoms with Gasteiger partial charge in [0.1, 0.15) is 24.3 Å². The zero-order valence-electron chi connectivity index (χ0n) is 13.7. The Balaban J connectivity index is 1.69. The number of aryl methyl sites for hydroxylation is 1. The van der Waals surface area contributed by atoms with Crippen molar-refractivity contribution in [2.75, 3.05) is 12.4 Å². The Morgan fingerprint density at radius 3 is 3.00 bits per heavy atom. The summed E-state index contributed by atoms with van der Waals surface area (Å²) in [6.45, 7) is 1.94. The van der Waals surface area contributed by atoms with Crippen LogP contribution in [0.3, 0.4) is 0 Å². The second-order valence-electron chi connectivity index (χ2n) is 5.53. The summed E-state index contributed by atoms with van der Waals surface area (Å²) in [5, 5.41) is 8.17. The molecule has 0 unspecified atom stereocenters. The van der Waals surface area contributed by atoms with Gasteiger partial charge in [0, 0.05) is 12.4 Å². The van der Waals surface area contributed by atoms with E-state index in [4.69, 9.17) is 0 Å². The summed E-state index contributed by atoms with van der Waals surface area (Å²) in [6.07, 6.45) is 6.94. The Hall–Kier alpha value is -3.49. The van der Waals surface area contributed by atoms with Gasteiger partial charge in [-0.3, -0.25) is 4.79 Å². The van der Waals surface area contributed by atoms with Gasteiger partial charge >= 0.3 is 5.97 Å². The van der Waals surface area contributed by atoms with Crippen LogP contribution in [-0.4, -0.2) is 42.2 Å². The van der Waals surface area contributed by atoms with Crippen LogP contribution in [0.2, 0.25) is 0 Å². The van der Waals surface area contributed by atoms with Crippen molar-refractivity contribution >= 4 is 34.2 Å². The molecule has 0 aliphatic rings. The number of rotatable bonds is 4. The standard InChI is InChI=1S/C16H15N7O2/c1-10-6-22-7-11(3-4-13(22)20-10)21-15-12-5-19-23(8-14(24)25-2)16(12)18-9-17-15/h3-7,9H,8H2,1-2H3,(H,17,18,21). The number of aromatic nitrogens is 6. The van der Waals surface area contributed by atoms with Gasteiger partial charge in [0.25, 0.3) is 0 Å². The van der Waals surface area contributed by atoms with E-state index in [1.54, 1.807) is 6.20 Å². The van der Waals surface area contributed by atoms with E-state index in [0.717, 1.165) is 17.0 Å². The van der Waals surface area contributed by atoms with E-state index >= 15 is 0 Å². The molecular weight excluding hydrogens is 322 g/mol. The number of carbonyl (C=O) groups is 1. The molecule has 0 aliphatic carbocycles. The predicted octanol–water partition coefficient (Wildman–Crippen LogP) is 1.70. The normalized spacial score (nSPS) is 11.1. The number of nitrogens with one attached hydrogen (secondary N) is 1. The van der Waals surface area contributed by atoms with Crippen molar-refractivity contribution in [3.63, 3.8) is 0 Å². The zero-order chi connectivity index (χ0) is 17.4. The maximum absolute atomic E-state index is 11.5. The zero-order valence-corrected chi connectivity index (χ0v) is 13.7. The Morgan fingerprint density at radius 2 is 2.16 bits per heavy atom. The molecule has 4 rings (SSSR count). The molecule has 0 spiro atoms. The molecule has 4 aromatic heterocycles. The van der Waals surface area contributed by atoms with Gasteiger partial charge in [-0.15, -0.1) is 0 Å². The van der Waals surface area contributed by atoms with E-state index in [-0.39, 0.29) is 12.5 Å². The molecular formula is C16H15N7O2. The summed E-state index contributed by atoms with van der Waals surface area (Å²) < 4.78 is 8.10. The summed E-state index contributed by atoms with van der Waals surface area (Å²) >= 11 is 0. The van der Waals surface area contributed by atoms with Crippen LogP contribution < -0.4 is 5.32 Å². The molecule has 0 saturated carbocycles. The van der Waals surface area contributed by atoms with Crippen LogP contribution in [-0.2, 0) is 16.1 Å². The molecule has 0 saturated heterocycles. The second-order valence-corrected chi connectivity index (χ2v) is 5.53. The third-order valence-electron chi connectivity index (χ3n) is 3.77. The van der Waals surface area contributed by atoms with E-state index < -0.39 is 0 Å². The molecule has 1 N–H and O–H groups in total. The number of esters is 1. The molecule has 9 nitrogen and oxygen atoms in total. The lowest BCUT2D eigenvalue weighted by Gasteiger charge is -2.07. The first-order chi connectivity index (χ1) is 12.1. The number of pyridine rings is 1. The summed E-state index contributed by atoms with van der Waals surface area (Å²) in [4.78, 5) is 24.4. The molecule has 0 aliphatic heterocycles. The third-order valence-corrected chi connectivity index (χ3v) is 3.77. The molecule has 126 valence electrons. The predicted molar refractivity (Wildman–Crippen MR) is 90.6 cm³/mol. The highest BCUT2D eigenvalue weighted by molar-refractivity contribution is 5.88. The van der Waals surface area contributed by atoms with Gasteiger partial charge in [-0.05, 0) is 19.1 Å². The molecule has 0 bridgehead atoms. The first-order valence-electron chi connectivity index (χ1n) is 7.60. The number of nitrogens with zero attached hydrogens (tertiary/aromatic N) is 6. The Morgan fingerprint density at radius 1 is 1.28 bits per heavy atom. The van der Waals surface area contributed by atoms with Gasteiger partial charge in [0.05, 0.1) is 30.1 Å². The number of imidazole rings is 1. The molecule has 9 heteroatoms. The third kappa shape index (κ3) is 2.75. The number of fused-ring (bicyclic) bond motifs is 2. The van der Waals surface area contributed by atoms with Crippen LogP contribution in [0, 0.1) is 6.92 Å². The van der Waals surface area contributed by atoms with E-state index in [1.807, 2.05) is 35.9 Å². The minimum Gasteiger partial charge on any atom is -0.468 e. The fourth-order valence-corrected chi connectivity index (χ4v) is 2.62. The minimum absolute atomic E-state index is 0.00325. The van der Waals surface area contributed by atoms with E-state index in [0.29, 0.717) is 16.9 Å². The minimum atomic E-state index is -0.390. The monoisotopic (exact) mass is 337 g/mol. The van der Waals surface area contributed by atoms with Crippen LogP contribution in [0.4, 0.5) is 11.5 Å². The molecule has 25 heavy (non-hydrogen) atoms. The lowest BCUT2D eigenvalue weighted by atomic mass is 10.3. The Kier molecular flexibility index (Phi) is 3.53. The van der Waals surface area contributed by atoms with Crippen molar-refractivity contribution in [1.29, 1.82) is 0 Å². The number of methoxy groups -OCH3 is 1. The van der Waals surface area contributed by atoms with E-state index in [1.165, 1.54) is 18.1 Å². The SMILES string of the molecule is COC(=O)Cn1ncc2c(Nc3ccc4nc(C)cn4c3)ncnc21. The highest BCUT2D eigenvalue weighted by atomic mass is 16.5. The maximum atomic E-state index is 11.5. The molecule has 4 heterocycles. The average molecular weight is 337 g/mol.